The molecule has 3 rings (SSSR count). The number of hydrogen-bond donors (Lipinski definition) is 4. The second-order valence-corrected chi connectivity index (χ2v) is 8.41. The maximum atomic E-state index is 10.4. The third-order valence-electron chi connectivity index (χ3n) is 6.63. The highest BCUT2D eigenvalue weighted by molar-refractivity contribution is 4.86. The molecule has 2 saturated carbocycles. The van der Waals surface area contributed by atoms with E-state index in [2.05, 4.69) is 20.4 Å². The first kappa shape index (κ1) is 20.5. The van der Waals surface area contributed by atoms with Crippen LogP contribution in [0.25, 0.3) is 0 Å². The lowest BCUT2D eigenvalue weighted by atomic mass is 9.91. The van der Waals surface area contributed by atoms with E-state index in [1.807, 2.05) is 0 Å². The Balaban J connectivity index is 1.49. The van der Waals surface area contributed by atoms with Crippen LogP contribution >= 0.6 is 0 Å². The predicted molar refractivity (Wildman–Crippen MR) is 105 cm³/mol. The monoisotopic (exact) mass is 368 g/mol. The van der Waals surface area contributed by atoms with Gasteiger partial charge in [0.1, 0.15) is 0 Å². The molecule has 1 saturated heterocycles. The summed E-state index contributed by atoms with van der Waals surface area (Å²) in [4.78, 5) is 4.99. The second-order valence-electron chi connectivity index (χ2n) is 8.41. The minimum Gasteiger partial charge on any atom is -0.391 e. The maximum absolute atomic E-state index is 10.4. The van der Waals surface area contributed by atoms with Crippen LogP contribution in [0.4, 0.5) is 0 Å². The smallest absolute Gasteiger partial charge is 0.0695 e. The zero-order valence-corrected chi connectivity index (χ0v) is 16.4. The lowest BCUT2D eigenvalue weighted by molar-refractivity contribution is 0.0146. The molecule has 0 aromatic heterocycles. The Morgan fingerprint density at radius 1 is 0.538 bits per heavy atom. The largest absolute Gasteiger partial charge is 0.391 e. The zero-order valence-electron chi connectivity index (χ0n) is 16.4. The minimum atomic E-state index is -0.153. The van der Waals surface area contributed by atoms with Gasteiger partial charge in [0.15, 0.2) is 0 Å². The topological polar surface area (TPSA) is 71.0 Å². The Kier molecular flexibility index (Phi) is 8.62. The molecular weight excluding hydrogens is 328 g/mol. The average Bonchev–Trinajstić information content (AvgIpc) is 2.64. The molecule has 2 aliphatic carbocycles. The molecule has 6 heteroatoms. The van der Waals surface area contributed by atoms with E-state index in [4.69, 9.17) is 0 Å². The highest BCUT2D eigenvalue weighted by Gasteiger charge is 2.30. The Labute approximate surface area is 159 Å². The molecule has 0 bridgehead atoms. The maximum Gasteiger partial charge on any atom is 0.0695 e. The van der Waals surface area contributed by atoms with Gasteiger partial charge in [-0.2, -0.15) is 0 Å². The van der Waals surface area contributed by atoms with Gasteiger partial charge in [0.2, 0.25) is 0 Å². The van der Waals surface area contributed by atoms with Crippen molar-refractivity contribution in [2.75, 3.05) is 52.4 Å². The Hall–Kier alpha value is -0.240. The summed E-state index contributed by atoms with van der Waals surface area (Å²) in [6.07, 6.45) is 8.72. The minimum absolute atomic E-state index is 0.153. The molecule has 6 nitrogen and oxygen atoms in total. The lowest BCUT2D eigenvalue weighted by Gasteiger charge is -2.39. The van der Waals surface area contributed by atoms with Crippen LogP contribution in [0.1, 0.15) is 51.4 Å². The molecule has 1 aliphatic heterocycles. The zero-order chi connectivity index (χ0) is 18.2. The van der Waals surface area contributed by atoms with Gasteiger partial charge in [0.25, 0.3) is 0 Å². The normalized spacial score (nSPS) is 37.6. The van der Waals surface area contributed by atoms with Crippen LogP contribution in [-0.2, 0) is 0 Å². The van der Waals surface area contributed by atoms with Crippen LogP contribution < -0.4 is 10.6 Å². The van der Waals surface area contributed by atoms with Crippen LogP contribution in [0.5, 0.6) is 0 Å². The van der Waals surface area contributed by atoms with E-state index < -0.39 is 0 Å². The Morgan fingerprint density at radius 3 is 1.23 bits per heavy atom. The Morgan fingerprint density at radius 2 is 0.885 bits per heavy atom. The van der Waals surface area contributed by atoms with E-state index in [1.165, 1.54) is 25.7 Å². The van der Waals surface area contributed by atoms with Crippen molar-refractivity contribution in [1.82, 2.24) is 20.4 Å². The molecular formula is C20H40N4O2. The summed E-state index contributed by atoms with van der Waals surface area (Å²) in [5.41, 5.74) is 0. The predicted octanol–water partition coefficient (Wildman–Crippen LogP) is 0.390. The van der Waals surface area contributed by atoms with Crippen molar-refractivity contribution in [2.24, 2.45) is 0 Å². The first-order valence-electron chi connectivity index (χ1n) is 11.0. The summed E-state index contributed by atoms with van der Waals surface area (Å²) in [6, 6.07) is 0.674. The van der Waals surface area contributed by atoms with Gasteiger partial charge in [-0.1, -0.05) is 25.7 Å². The molecule has 0 spiro atoms. The number of rotatable bonds is 2. The SMILES string of the molecule is OC1CCCCC1N1CCNCCN(C2CCCCC2O)CCNCC1. The fraction of sp³-hybridized carbons (Fsp3) is 1.00. The van der Waals surface area contributed by atoms with Gasteiger partial charge >= 0.3 is 0 Å². The van der Waals surface area contributed by atoms with Crippen LogP contribution in [0.3, 0.4) is 0 Å². The van der Waals surface area contributed by atoms with E-state index in [-0.39, 0.29) is 12.2 Å². The number of hydrogen-bond acceptors (Lipinski definition) is 6. The number of nitrogens with zero attached hydrogens (tertiary/aromatic N) is 2. The summed E-state index contributed by atoms with van der Waals surface area (Å²) in [6.45, 7) is 7.94. The van der Waals surface area contributed by atoms with Gasteiger partial charge in [-0.3, -0.25) is 9.80 Å². The third-order valence-corrected chi connectivity index (χ3v) is 6.63. The quantitative estimate of drug-likeness (QED) is 0.565. The first-order valence-corrected chi connectivity index (χ1v) is 11.0. The summed E-state index contributed by atoms with van der Waals surface area (Å²) >= 11 is 0. The van der Waals surface area contributed by atoms with Gasteiger partial charge in [0, 0.05) is 64.4 Å². The Bertz CT molecular complexity index is 350. The summed E-state index contributed by atoms with van der Waals surface area (Å²) in [7, 11) is 0. The molecule has 1 heterocycles. The number of aliphatic hydroxyl groups excluding tert-OH is 2. The molecule has 0 radical (unpaired) electrons. The molecule has 3 fully saturated rings. The van der Waals surface area contributed by atoms with Gasteiger partial charge in [-0.25, -0.2) is 0 Å². The molecule has 4 atom stereocenters. The average molecular weight is 369 g/mol. The van der Waals surface area contributed by atoms with Gasteiger partial charge in [-0.05, 0) is 25.7 Å². The van der Waals surface area contributed by atoms with Crippen LogP contribution in [0.15, 0.2) is 0 Å². The van der Waals surface area contributed by atoms with Crippen molar-refractivity contribution < 1.29 is 10.2 Å². The van der Waals surface area contributed by atoms with Crippen LogP contribution in [0, 0.1) is 0 Å². The molecule has 0 aromatic rings. The van der Waals surface area contributed by atoms with E-state index in [1.54, 1.807) is 0 Å². The summed E-state index contributed by atoms with van der Waals surface area (Å²) < 4.78 is 0. The van der Waals surface area contributed by atoms with Crippen molar-refractivity contribution >= 4 is 0 Å². The van der Waals surface area contributed by atoms with Gasteiger partial charge < -0.3 is 20.8 Å². The van der Waals surface area contributed by atoms with E-state index >= 15 is 0 Å². The third kappa shape index (κ3) is 5.88. The lowest BCUT2D eigenvalue weighted by Crippen LogP contribution is -2.53. The highest BCUT2D eigenvalue weighted by atomic mass is 16.3. The summed E-state index contributed by atoms with van der Waals surface area (Å²) in [5.74, 6) is 0. The summed E-state index contributed by atoms with van der Waals surface area (Å²) in [5, 5.41) is 28.0. The number of nitrogens with one attached hydrogen (secondary N) is 2. The first-order chi connectivity index (χ1) is 12.8. The molecule has 4 unspecified atom stereocenters. The van der Waals surface area contributed by atoms with E-state index in [9.17, 15) is 10.2 Å². The van der Waals surface area contributed by atoms with Gasteiger partial charge in [-0.15, -0.1) is 0 Å². The second kappa shape index (κ2) is 10.9. The van der Waals surface area contributed by atoms with Crippen LogP contribution in [0.2, 0.25) is 0 Å². The molecule has 26 heavy (non-hydrogen) atoms. The van der Waals surface area contributed by atoms with Crippen molar-refractivity contribution in [3.63, 3.8) is 0 Å². The van der Waals surface area contributed by atoms with Crippen molar-refractivity contribution in [2.45, 2.75) is 75.7 Å². The molecule has 152 valence electrons. The van der Waals surface area contributed by atoms with Crippen molar-refractivity contribution in [1.29, 1.82) is 0 Å². The molecule has 0 amide bonds. The highest BCUT2D eigenvalue weighted by Crippen LogP contribution is 2.24. The fourth-order valence-corrected chi connectivity index (χ4v) is 5.06. The van der Waals surface area contributed by atoms with Gasteiger partial charge in [0.05, 0.1) is 12.2 Å². The van der Waals surface area contributed by atoms with E-state index in [0.29, 0.717) is 12.1 Å². The van der Waals surface area contributed by atoms with Crippen LogP contribution in [-0.4, -0.2) is 96.7 Å². The number of aliphatic hydroxyl groups is 2. The molecule has 0 aromatic carbocycles. The van der Waals surface area contributed by atoms with E-state index in [0.717, 1.165) is 78.0 Å². The molecule has 4 N–H and O–H groups in total. The molecule has 3 aliphatic rings. The van der Waals surface area contributed by atoms with Crippen molar-refractivity contribution in [3.8, 4) is 0 Å². The fourth-order valence-electron chi connectivity index (χ4n) is 5.06. The van der Waals surface area contributed by atoms with Crippen molar-refractivity contribution in [3.05, 3.63) is 0 Å². The standard InChI is InChI=1S/C20H40N4O2/c25-19-7-3-1-5-17(19)23-13-9-21-11-15-24(16-12-22-10-14-23)18-6-2-4-8-20(18)26/h17-22,25-26H,1-16H2.